The van der Waals surface area contributed by atoms with E-state index in [0.29, 0.717) is 36.8 Å². The van der Waals surface area contributed by atoms with Crippen LogP contribution in [-0.4, -0.2) is 40.3 Å². The van der Waals surface area contributed by atoms with Crippen molar-refractivity contribution in [1.82, 2.24) is 0 Å². The van der Waals surface area contributed by atoms with Gasteiger partial charge >= 0.3 is 5.97 Å². The Kier molecular flexibility index (Phi) is 13.9. The van der Waals surface area contributed by atoms with Crippen molar-refractivity contribution in [1.29, 1.82) is 0 Å². The summed E-state index contributed by atoms with van der Waals surface area (Å²) in [4.78, 5) is 22.7. The number of rotatable bonds is 6. The van der Waals surface area contributed by atoms with E-state index in [1.165, 1.54) is 44.9 Å². The van der Waals surface area contributed by atoms with Gasteiger partial charge in [0.2, 0.25) is 0 Å². The Morgan fingerprint density at radius 2 is 1.04 bits per heavy atom. The number of ketones is 1. The lowest BCUT2D eigenvalue weighted by Crippen LogP contribution is -2.35. The highest BCUT2D eigenvalue weighted by Crippen LogP contribution is 2.59. The monoisotopic (exact) mass is 635 g/mol. The maximum Gasteiger partial charge on any atom is 0.309 e. The summed E-state index contributed by atoms with van der Waals surface area (Å²) >= 11 is 0. The lowest BCUT2D eigenvalue weighted by Gasteiger charge is -2.31. The second-order valence-electron chi connectivity index (χ2n) is 19.1. The summed E-state index contributed by atoms with van der Waals surface area (Å²) in [5.74, 6) is 5.12. The van der Waals surface area contributed by atoms with Crippen LogP contribution in [0.3, 0.4) is 0 Å². The number of aliphatic hydroxyl groups is 2. The molecule has 0 aromatic heterocycles. The molecule has 0 heterocycles. The minimum absolute atomic E-state index is 0.00694. The highest BCUT2D eigenvalue weighted by Gasteiger charge is 2.58. The zero-order chi connectivity index (χ0) is 34.6. The fourth-order valence-corrected chi connectivity index (χ4v) is 9.24. The number of aliphatic hydroxyl groups excluding tert-OH is 2. The molecule has 5 fully saturated rings. The van der Waals surface area contributed by atoms with Crippen LogP contribution in [0.25, 0.3) is 0 Å². The number of carboxylic acids is 1. The molecule has 0 aliphatic heterocycles. The van der Waals surface area contributed by atoms with Gasteiger partial charge in [-0.15, -0.1) is 0 Å². The van der Waals surface area contributed by atoms with Crippen molar-refractivity contribution in [2.75, 3.05) is 13.2 Å². The minimum atomic E-state index is -0.620. The Balaban J connectivity index is 0.000000209. The normalized spacial score (nSPS) is 39.8. The van der Waals surface area contributed by atoms with Crippen LogP contribution in [0.4, 0.5) is 0 Å². The summed E-state index contributed by atoms with van der Waals surface area (Å²) in [7, 11) is 0. The molecule has 0 radical (unpaired) electrons. The molecular weight excluding hydrogens is 560 g/mol. The number of hydrogen-bond donors (Lipinski definition) is 3. The smallest absolute Gasteiger partial charge is 0.309 e. The molecule has 5 saturated carbocycles. The summed E-state index contributed by atoms with van der Waals surface area (Å²) in [6.07, 6.45) is 13.9. The summed E-state index contributed by atoms with van der Waals surface area (Å²) in [6.45, 7) is 26.9. The van der Waals surface area contributed by atoms with Crippen molar-refractivity contribution in [2.24, 2.45) is 68.5 Å². The summed E-state index contributed by atoms with van der Waals surface area (Å²) in [5, 5.41) is 27.2. The van der Waals surface area contributed by atoms with Crippen LogP contribution < -0.4 is 0 Å². The molecule has 5 rings (SSSR count). The van der Waals surface area contributed by atoms with Crippen LogP contribution in [0.1, 0.15) is 160 Å². The molecule has 5 aliphatic carbocycles. The average molecular weight is 635 g/mol. The second kappa shape index (κ2) is 15.5. The number of hydrogen-bond acceptors (Lipinski definition) is 4. The van der Waals surface area contributed by atoms with Gasteiger partial charge in [0, 0.05) is 24.0 Å². The molecule has 3 N–H and O–H groups in total. The first-order chi connectivity index (χ1) is 20.6. The largest absolute Gasteiger partial charge is 0.481 e. The van der Waals surface area contributed by atoms with Gasteiger partial charge in [0.05, 0.1) is 5.41 Å². The van der Waals surface area contributed by atoms with E-state index in [-0.39, 0.29) is 21.7 Å². The molecule has 5 nitrogen and oxygen atoms in total. The van der Waals surface area contributed by atoms with Crippen molar-refractivity contribution in [3.63, 3.8) is 0 Å². The van der Waals surface area contributed by atoms with Crippen LogP contribution in [0.2, 0.25) is 0 Å². The first kappa shape index (κ1) is 40.2. The third-order valence-electron chi connectivity index (χ3n) is 13.5. The van der Waals surface area contributed by atoms with Crippen molar-refractivity contribution in [2.45, 2.75) is 160 Å². The Labute approximate surface area is 278 Å². The number of aliphatic carboxylic acids is 1. The van der Waals surface area contributed by atoms with Crippen LogP contribution in [0, 0.1) is 68.5 Å². The molecule has 0 aromatic rings. The van der Waals surface area contributed by atoms with Gasteiger partial charge in [0.15, 0.2) is 0 Å². The topological polar surface area (TPSA) is 94.8 Å². The molecule has 0 aromatic carbocycles. The summed E-state index contributed by atoms with van der Waals surface area (Å²) in [5.41, 5.74) is 0.111. The molecular formula is C40H74O5. The van der Waals surface area contributed by atoms with Gasteiger partial charge in [-0.1, -0.05) is 76.2 Å². The van der Waals surface area contributed by atoms with Crippen molar-refractivity contribution in [3.8, 4) is 0 Å². The standard InChI is InChI=1S/C10H18O2.C10H16O.2C10H20O/c1-7(2)8-4-5-10(3,6-8)9(11)12;1-9(2)7-4-5-10(3,6-7)8(9)11;2*1-8(2)9-4-5-10(3,6-9)7-11/h7-8H,4-6H2,1-3H3,(H,11,12);7H,4-6H2,1-3H3;2*8-9,11H,4-7H2,1-3H3/t;;2*9-,10+/m..10/s1. The van der Waals surface area contributed by atoms with Crippen LogP contribution in [0.5, 0.6) is 0 Å². The summed E-state index contributed by atoms with van der Waals surface area (Å²) < 4.78 is 0. The van der Waals surface area contributed by atoms with Gasteiger partial charge in [-0.3, -0.25) is 9.59 Å². The van der Waals surface area contributed by atoms with Crippen molar-refractivity contribution < 1.29 is 24.9 Å². The first-order valence-electron chi connectivity index (χ1n) is 18.6. The SMILES string of the molecule is CC(C)C1CCC(C)(C(=O)O)C1.CC(C)[C@@H]1CC[C@](C)(CO)C1.CC(C)[C@H]1CC[C@@](C)(CO)C1.CC12CCC(C1)C(C)(C)C2=O. The predicted octanol–water partition coefficient (Wildman–Crippen LogP) is 9.82. The molecule has 2 bridgehead atoms. The zero-order valence-corrected chi connectivity index (χ0v) is 31.6. The maximum absolute atomic E-state index is 11.8. The third-order valence-corrected chi connectivity index (χ3v) is 13.5. The molecule has 264 valence electrons. The molecule has 8 atom stereocenters. The first-order valence-corrected chi connectivity index (χ1v) is 18.6. The quantitative estimate of drug-likeness (QED) is 0.270. The van der Waals surface area contributed by atoms with Crippen LogP contribution >= 0.6 is 0 Å². The van der Waals surface area contributed by atoms with E-state index in [0.717, 1.165) is 55.8 Å². The summed E-state index contributed by atoms with van der Waals surface area (Å²) in [6, 6.07) is 0. The van der Waals surface area contributed by atoms with Gasteiger partial charge in [0.25, 0.3) is 0 Å². The van der Waals surface area contributed by atoms with E-state index < -0.39 is 11.4 Å². The Morgan fingerprint density at radius 1 is 0.644 bits per heavy atom. The van der Waals surface area contributed by atoms with E-state index in [1.54, 1.807) is 0 Å². The van der Waals surface area contributed by atoms with Gasteiger partial charge in [-0.2, -0.15) is 0 Å². The fourth-order valence-electron chi connectivity index (χ4n) is 9.24. The highest BCUT2D eigenvalue weighted by atomic mass is 16.4. The molecule has 4 unspecified atom stereocenters. The van der Waals surface area contributed by atoms with Gasteiger partial charge in [0.1, 0.15) is 5.78 Å². The maximum atomic E-state index is 11.8. The minimum Gasteiger partial charge on any atom is -0.481 e. The average Bonchev–Trinajstić information content (AvgIpc) is 3.77. The van der Waals surface area contributed by atoms with E-state index in [9.17, 15) is 9.59 Å². The predicted molar refractivity (Wildman–Crippen MR) is 187 cm³/mol. The number of carbonyl (C=O) groups is 2. The van der Waals surface area contributed by atoms with E-state index >= 15 is 0 Å². The molecule has 5 aliphatic rings. The molecule has 0 amide bonds. The van der Waals surface area contributed by atoms with Crippen molar-refractivity contribution in [3.05, 3.63) is 0 Å². The number of fused-ring (bicyclic) bond motifs is 2. The van der Waals surface area contributed by atoms with Gasteiger partial charge in [-0.05, 0) is 136 Å². The van der Waals surface area contributed by atoms with Gasteiger partial charge < -0.3 is 15.3 Å². The van der Waals surface area contributed by atoms with E-state index in [1.807, 2.05) is 6.92 Å². The zero-order valence-electron chi connectivity index (χ0n) is 31.6. The molecule has 5 heteroatoms. The molecule has 0 spiro atoms. The lowest BCUT2D eigenvalue weighted by molar-refractivity contribution is -0.147. The number of Topliss-reactive ketones (excluding diaryl/α,β-unsaturated/α-hetero) is 1. The Hall–Kier alpha value is -0.940. The Morgan fingerprint density at radius 3 is 1.24 bits per heavy atom. The Bertz CT molecular complexity index is 931. The van der Waals surface area contributed by atoms with Crippen LogP contribution in [-0.2, 0) is 9.59 Å². The highest BCUT2D eigenvalue weighted by molar-refractivity contribution is 5.92. The van der Waals surface area contributed by atoms with Crippen molar-refractivity contribution >= 4 is 11.8 Å². The lowest BCUT2D eigenvalue weighted by atomic mass is 9.72. The van der Waals surface area contributed by atoms with E-state index in [4.69, 9.17) is 15.3 Å². The second-order valence-corrected chi connectivity index (χ2v) is 19.1. The number of carbonyl (C=O) groups excluding carboxylic acids is 1. The van der Waals surface area contributed by atoms with Crippen LogP contribution in [0.15, 0.2) is 0 Å². The third kappa shape index (κ3) is 10.0. The molecule has 45 heavy (non-hydrogen) atoms. The van der Waals surface area contributed by atoms with Gasteiger partial charge in [-0.25, -0.2) is 0 Å². The number of carboxylic acid groups (broad SMARTS) is 1. The molecule has 0 saturated heterocycles. The van der Waals surface area contributed by atoms with E-state index in [2.05, 4.69) is 76.2 Å². The fraction of sp³-hybridized carbons (Fsp3) is 0.950.